The van der Waals surface area contributed by atoms with E-state index in [4.69, 9.17) is 10.3 Å². The van der Waals surface area contributed by atoms with Gasteiger partial charge < -0.3 is 10.3 Å². The summed E-state index contributed by atoms with van der Waals surface area (Å²) in [5, 5.41) is 3.91. The van der Waals surface area contributed by atoms with Gasteiger partial charge in [-0.25, -0.2) is 0 Å². The first-order chi connectivity index (χ1) is 7.86. The first kappa shape index (κ1) is 11.8. The Hall–Kier alpha value is -1.68. The molecule has 90 valence electrons. The van der Waals surface area contributed by atoms with Crippen LogP contribution in [0, 0.1) is 13.8 Å². The molecule has 0 atom stereocenters. The summed E-state index contributed by atoms with van der Waals surface area (Å²) < 4.78 is 5.25. The van der Waals surface area contributed by atoms with E-state index in [1.807, 2.05) is 39.8 Å². The second-order valence-corrected chi connectivity index (χ2v) is 5.02. The molecule has 17 heavy (non-hydrogen) atoms. The van der Waals surface area contributed by atoms with Gasteiger partial charge >= 0.3 is 0 Å². The van der Waals surface area contributed by atoms with Gasteiger partial charge in [0.15, 0.2) is 5.82 Å². The molecular weight excluding hydrogens is 214 g/mol. The molecule has 2 aromatic rings. The van der Waals surface area contributed by atoms with Crippen LogP contribution in [0.25, 0.3) is 11.5 Å². The van der Waals surface area contributed by atoms with Gasteiger partial charge in [0.05, 0.1) is 5.54 Å². The molecule has 0 amide bonds. The smallest absolute Gasteiger partial charge is 0.258 e. The Bertz CT molecular complexity index is 518. The summed E-state index contributed by atoms with van der Waals surface area (Å²) in [6, 6.07) is 6.15. The van der Waals surface area contributed by atoms with Crippen LogP contribution in [0.15, 0.2) is 22.7 Å². The quantitative estimate of drug-likeness (QED) is 0.862. The molecule has 0 spiro atoms. The second kappa shape index (κ2) is 3.96. The maximum absolute atomic E-state index is 5.92. The largest absolute Gasteiger partial charge is 0.334 e. The Kier molecular flexibility index (Phi) is 2.75. The van der Waals surface area contributed by atoms with Crippen molar-refractivity contribution in [2.45, 2.75) is 33.2 Å². The van der Waals surface area contributed by atoms with Crippen LogP contribution in [0.1, 0.15) is 30.8 Å². The Morgan fingerprint density at radius 1 is 1.12 bits per heavy atom. The summed E-state index contributed by atoms with van der Waals surface area (Å²) in [4.78, 5) is 4.33. The molecule has 4 nitrogen and oxygen atoms in total. The molecule has 0 unspecified atom stereocenters. The van der Waals surface area contributed by atoms with E-state index >= 15 is 0 Å². The zero-order valence-electron chi connectivity index (χ0n) is 10.6. The van der Waals surface area contributed by atoms with Crippen molar-refractivity contribution in [1.29, 1.82) is 0 Å². The highest BCUT2D eigenvalue weighted by atomic mass is 16.5. The highest BCUT2D eigenvalue weighted by Crippen LogP contribution is 2.22. The average molecular weight is 231 g/mol. The van der Waals surface area contributed by atoms with Crippen LogP contribution in [0.5, 0.6) is 0 Å². The molecule has 0 bridgehead atoms. The summed E-state index contributed by atoms with van der Waals surface area (Å²) in [5.41, 5.74) is 8.62. The summed E-state index contributed by atoms with van der Waals surface area (Å²) in [5.74, 6) is 1.04. The van der Waals surface area contributed by atoms with Crippen LogP contribution in [-0.2, 0) is 5.54 Å². The number of hydrogen-bond donors (Lipinski definition) is 1. The number of rotatable bonds is 2. The SMILES string of the molecule is Cc1cc(C)cc(-c2nc(C(C)(C)N)no2)c1. The van der Waals surface area contributed by atoms with Gasteiger partial charge in [0.25, 0.3) is 5.89 Å². The average Bonchev–Trinajstić information content (AvgIpc) is 2.63. The number of aryl methyl sites for hydroxylation is 2. The lowest BCUT2D eigenvalue weighted by molar-refractivity contribution is 0.397. The van der Waals surface area contributed by atoms with Gasteiger partial charge in [-0.2, -0.15) is 4.98 Å². The van der Waals surface area contributed by atoms with E-state index in [2.05, 4.69) is 16.2 Å². The van der Waals surface area contributed by atoms with E-state index in [-0.39, 0.29) is 0 Å². The highest BCUT2D eigenvalue weighted by Gasteiger charge is 2.22. The molecule has 1 aromatic heterocycles. The summed E-state index contributed by atoms with van der Waals surface area (Å²) in [6.07, 6.45) is 0. The normalized spacial score (nSPS) is 11.8. The van der Waals surface area contributed by atoms with Crippen molar-refractivity contribution >= 4 is 0 Å². The first-order valence-electron chi connectivity index (χ1n) is 5.58. The monoisotopic (exact) mass is 231 g/mol. The highest BCUT2D eigenvalue weighted by molar-refractivity contribution is 5.55. The van der Waals surface area contributed by atoms with E-state index in [1.165, 1.54) is 11.1 Å². The van der Waals surface area contributed by atoms with Gasteiger partial charge in [-0.3, -0.25) is 0 Å². The maximum atomic E-state index is 5.92. The van der Waals surface area contributed by atoms with Gasteiger partial charge in [0.2, 0.25) is 0 Å². The van der Waals surface area contributed by atoms with Gasteiger partial charge in [-0.15, -0.1) is 0 Å². The Morgan fingerprint density at radius 2 is 1.71 bits per heavy atom. The third-order valence-electron chi connectivity index (χ3n) is 2.47. The summed E-state index contributed by atoms with van der Waals surface area (Å²) >= 11 is 0. The van der Waals surface area contributed by atoms with Crippen LogP contribution in [-0.4, -0.2) is 10.1 Å². The molecule has 4 heteroatoms. The zero-order valence-corrected chi connectivity index (χ0v) is 10.6. The fraction of sp³-hybridized carbons (Fsp3) is 0.385. The summed E-state index contributed by atoms with van der Waals surface area (Å²) in [7, 11) is 0. The maximum Gasteiger partial charge on any atom is 0.258 e. The van der Waals surface area contributed by atoms with Crippen LogP contribution in [0.2, 0.25) is 0 Å². The number of benzene rings is 1. The van der Waals surface area contributed by atoms with Crippen molar-refractivity contribution in [3.63, 3.8) is 0 Å². The lowest BCUT2D eigenvalue weighted by atomic mass is 10.1. The van der Waals surface area contributed by atoms with Crippen molar-refractivity contribution in [3.05, 3.63) is 35.2 Å². The Labute approximate surface area is 101 Å². The van der Waals surface area contributed by atoms with E-state index in [0.29, 0.717) is 11.7 Å². The third-order valence-corrected chi connectivity index (χ3v) is 2.47. The molecule has 0 saturated carbocycles. The van der Waals surface area contributed by atoms with Gasteiger partial charge in [-0.1, -0.05) is 22.3 Å². The topological polar surface area (TPSA) is 64.9 Å². The molecule has 0 aliphatic rings. The fourth-order valence-corrected chi connectivity index (χ4v) is 1.70. The van der Waals surface area contributed by atoms with Crippen molar-refractivity contribution in [2.75, 3.05) is 0 Å². The molecule has 0 aliphatic carbocycles. The number of nitrogens with two attached hydrogens (primary N) is 1. The molecule has 2 N–H and O–H groups in total. The number of nitrogens with zero attached hydrogens (tertiary/aromatic N) is 2. The molecule has 1 heterocycles. The Balaban J connectivity index is 2.44. The molecule has 0 aliphatic heterocycles. The number of aromatic nitrogens is 2. The summed E-state index contributed by atoms with van der Waals surface area (Å²) in [6.45, 7) is 7.79. The van der Waals surface area contributed by atoms with Crippen LogP contribution >= 0.6 is 0 Å². The van der Waals surface area contributed by atoms with Gasteiger partial charge in [0, 0.05) is 5.56 Å². The van der Waals surface area contributed by atoms with Crippen molar-refractivity contribution < 1.29 is 4.52 Å². The number of hydrogen-bond acceptors (Lipinski definition) is 4. The minimum atomic E-state index is -0.583. The molecule has 0 fully saturated rings. The van der Waals surface area contributed by atoms with E-state index in [9.17, 15) is 0 Å². The predicted molar refractivity (Wildman–Crippen MR) is 66.4 cm³/mol. The molecule has 0 saturated heterocycles. The lowest BCUT2D eigenvalue weighted by Gasteiger charge is -2.11. The Morgan fingerprint density at radius 3 is 2.18 bits per heavy atom. The van der Waals surface area contributed by atoms with E-state index in [1.54, 1.807) is 0 Å². The predicted octanol–water partition coefficient (Wildman–Crippen LogP) is 2.55. The third kappa shape index (κ3) is 2.53. The molecular formula is C13H17N3O. The van der Waals surface area contributed by atoms with Crippen LogP contribution in [0.3, 0.4) is 0 Å². The van der Waals surface area contributed by atoms with Crippen molar-refractivity contribution in [1.82, 2.24) is 10.1 Å². The minimum absolute atomic E-state index is 0.519. The fourth-order valence-electron chi connectivity index (χ4n) is 1.70. The van der Waals surface area contributed by atoms with Crippen molar-refractivity contribution in [2.24, 2.45) is 5.73 Å². The first-order valence-corrected chi connectivity index (χ1v) is 5.58. The molecule has 2 rings (SSSR count). The lowest BCUT2D eigenvalue weighted by Crippen LogP contribution is -2.30. The standard InChI is InChI=1S/C13H17N3O/c1-8-5-9(2)7-10(6-8)11-15-12(16-17-11)13(3,4)14/h5-7H,14H2,1-4H3. The van der Waals surface area contributed by atoms with Crippen LogP contribution < -0.4 is 5.73 Å². The zero-order chi connectivity index (χ0) is 12.6. The van der Waals surface area contributed by atoms with Gasteiger partial charge in [-0.05, 0) is 39.8 Å². The van der Waals surface area contributed by atoms with Gasteiger partial charge in [0.1, 0.15) is 0 Å². The minimum Gasteiger partial charge on any atom is -0.334 e. The van der Waals surface area contributed by atoms with Crippen molar-refractivity contribution in [3.8, 4) is 11.5 Å². The molecule has 1 aromatic carbocycles. The second-order valence-electron chi connectivity index (χ2n) is 5.02. The molecule has 0 radical (unpaired) electrons. The van der Waals surface area contributed by atoms with Crippen LogP contribution in [0.4, 0.5) is 0 Å². The van der Waals surface area contributed by atoms with E-state index in [0.717, 1.165) is 5.56 Å². The van der Waals surface area contributed by atoms with E-state index < -0.39 is 5.54 Å².